The molecule has 0 unspecified atom stereocenters. The number of nitrogens with zero attached hydrogens (tertiary/aromatic N) is 5. The van der Waals surface area contributed by atoms with Crippen molar-refractivity contribution in [2.75, 3.05) is 22.9 Å². The highest BCUT2D eigenvalue weighted by Gasteiger charge is 2.17. The second-order valence-corrected chi connectivity index (χ2v) is 6.57. The molecule has 132 valence electrons. The molecule has 0 N–H and O–H groups in total. The van der Waals surface area contributed by atoms with E-state index >= 15 is 0 Å². The van der Waals surface area contributed by atoms with Crippen LogP contribution in [0.15, 0.2) is 66.9 Å². The maximum absolute atomic E-state index is 4.85. The molecule has 0 aliphatic carbocycles. The number of rotatable bonds is 5. The maximum atomic E-state index is 4.85. The van der Waals surface area contributed by atoms with Crippen LogP contribution in [0, 0.1) is 0 Å². The Morgan fingerprint density at radius 2 is 1.54 bits per heavy atom. The first kappa shape index (κ1) is 16.5. The van der Waals surface area contributed by atoms with Crippen LogP contribution in [0.5, 0.6) is 0 Å². The largest absolute Gasteiger partial charge is 0.339 e. The van der Waals surface area contributed by atoms with E-state index in [2.05, 4.69) is 56.4 Å². The molecule has 0 saturated carbocycles. The molecule has 1 aromatic heterocycles. The second kappa shape index (κ2) is 7.95. The van der Waals surface area contributed by atoms with E-state index in [0.29, 0.717) is 0 Å². The minimum absolute atomic E-state index is 0.733. The molecule has 0 amide bonds. The van der Waals surface area contributed by atoms with Crippen molar-refractivity contribution in [1.82, 2.24) is 15.2 Å². The topological polar surface area (TPSA) is 45.2 Å². The Balaban J connectivity index is 1.67. The van der Waals surface area contributed by atoms with Gasteiger partial charge in [-0.05, 0) is 37.0 Å². The molecule has 0 atom stereocenters. The second-order valence-electron chi connectivity index (χ2n) is 6.57. The summed E-state index contributed by atoms with van der Waals surface area (Å²) in [5, 5.41) is 8.54. The molecule has 1 aliphatic rings. The molecule has 4 rings (SSSR count). The third kappa shape index (κ3) is 3.82. The summed E-state index contributed by atoms with van der Waals surface area (Å²) < 4.78 is 0. The van der Waals surface area contributed by atoms with Gasteiger partial charge >= 0.3 is 0 Å². The normalized spacial score (nSPS) is 14.2. The Bertz CT molecular complexity index is 816. The lowest BCUT2D eigenvalue weighted by Crippen LogP contribution is -2.31. The van der Waals surface area contributed by atoms with Crippen molar-refractivity contribution in [3.63, 3.8) is 0 Å². The van der Waals surface area contributed by atoms with Crippen molar-refractivity contribution in [3.05, 3.63) is 72.4 Å². The molecule has 0 radical (unpaired) electrons. The van der Waals surface area contributed by atoms with Gasteiger partial charge in [-0.15, -0.1) is 5.10 Å². The van der Waals surface area contributed by atoms with Crippen molar-refractivity contribution in [3.8, 4) is 0 Å². The van der Waals surface area contributed by atoms with Crippen LogP contribution >= 0.6 is 0 Å². The van der Waals surface area contributed by atoms with Gasteiger partial charge in [-0.3, -0.25) is 0 Å². The first-order valence-electron chi connectivity index (χ1n) is 9.21. The fourth-order valence-corrected chi connectivity index (χ4v) is 3.32. The van der Waals surface area contributed by atoms with Gasteiger partial charge in [0.1, 0.15) is 0 Å². The summed E-state index contributed by atoms with van der Waals surface area (Å²) in [5.41, 5.74) is 2.33. The van der Waals surface area contributed by atoms with Gasteiger partial charge in [0.2, 0.25) is 5.95 Å². The number of piperidine rings is 1. The third-order valence-electron chi connectivity index (χ3n) is 4.70. The predicted octanol–water partition coefficient (Wildman–Crippen LogP) is 4.20. The summed E-state index contributed by atoms with van der Waals surface area (Å²) in [6, 6.07) is 20.8. The highest BCUT2D eigenvalue weighted by molar-refractivity contribution is 5.60. The zero-order valence-corrected chi connectivity index (χ0v) is 14.8. The first-order valence-corrected chi connectivity index (χ1v) is 9.21. The van der Waals surface area contributed by atoms with Crippen LogP contribution < -0.4 is 9.80 Å². The van der Waals surface area contributed by atoms with Gasteiger partial charge in [0.05, 0.1) is 6.20 Å². The fourth-order valence-electron chi connectivity index (χ4n) is 3.32. The minimum atomic E-state index is 0.733. The molecule has 5 heteroatoms. The molecule has 3 aromatic rings. The zero-order chi connectivity index (χ0) is 17.6. The van der Waals surface area contributed by atoms with Gasteiger partial charge in [0.25, 0.3) is 0 Å². The summed E-state index contributed by atoms with van der Waals surface area (Å²) in [6.45, 7) is 2.76. The van der Waals surface area contributed by atoms with Gasteiger partial charge in [-0.25, -0.2) is 0 Å². The molecule has 0 bridgehead atoms. The summed E-state index contributed by atoms with van der Waals surface area (Å²) in [7, 11) is 0. The highest BCUT2D eigenvalue weighted by Crippen LogP contribution is 2.26. The molecule has 5 nitrogen and oxygen atoms in total. The quantitative estimate of drug-likeness (QED) is 0.693. The van der Waals surface area contributed by atoms with Crippen LogP contribution in [0.3, 0.4) is 0 Å². The molecule has 0 spiro atoms. The van der Waals surface area contributed by atoms with E-state index in [9.17, 15) is 0 Å². The van der Waals surface area contributed by atoms with E-state index in [4.69, 9.17) is 4.98 Å². The van der Waals surface area contributed by atoms with Crippen molar-refractivity contribution in [1.29, 1.82) is 0 Å². The van der Waals surface area contributed by atoms with Crippen LogP contribution in [0.25, 0.3) is 0 Å². The molecule has 1 saturated heterocycles. The molecule has 1 fully saturated rings. The van der Waals surface area contributed by atoms with Crippen molar-refractivity contribution in [2.45, 2.75) is 25.8 Å². The lowest BCUT2D eigenvalue weighted by Gasteiger charge is -2.28. The average molecular weight is 345 g/mol. The molecule has 1 aliphatic heterocycles. The molecule has 2 heterocycles. The van der Waals surface area contributed by atoms with Gasteiger partial charge in [0, 0.05) is 25.3 Å². The van der Waals surface area contributed by atoms with E-state index in [-0.39, 0.29) is 0 Å². The summed E-state index contributed by atoms with van der Waals surface area (Å²) in [6.07, 6.45) is 5.43. The van der Waals surface area contributed by atoms with Crippen molar-refractivity contribution < 1.29 is 0 Å². The minimum Gasteiger partial charge on any atom is -0.339 e. The Labute approximate surface area is 154 Å². The Morgan fingerprint density at radius 3 is 2.27 bits per heavy atom. The third-order valence-corrected chi connectivity index (χ3v) is 4.70. The Hall–Kier alpha value is -2.95. The highest BCUT2D eigenvalue weighted by atomic mass is 15.3. The molecular weight excluding hydrogens is 322 g/mol. The maximum Gasteiger partial charge on any atom is 0.247 e. The standard InChI is InChI=1S/C21H23N5/c1-4-10-18(11-5-1)17-26(19-12-6-2-7-13-19)20-16-22-24-21(23-20)25-14-8-3-9-15-25/h1-2,4-7,10-13,16H,3,8-9,14-15,17H2. The number of hydrogen-bond acceptors (Lipinski definition) is 5. The van der Waals surface area contributed by atoms with Crippen LogP contribution in [0.1, 0.15) is 24.8 Å². The van der Waals surface area contributed by atoms with Gasteiger partial charge in [-0.1, -0.05) is 48.5 Å². The van der Waals surface area contributed by atoms with E-state index in [0.717, 1.165) is 37.1 Å². The fraction of sp³-hybridized carbons (Fsp3) is 0.286. The number of hydrogen-bond donors (Lipinski definition) is 0. The Morgan fingerprint density at radius 1 is 0.846 bits per heavy atom. The number of benzene rings is 2. The molecular formula is C21H23N5. The van der Waals surface area contributed by atoms with E-state index in [1.807, 2.05) is 24.3 Å². The SMILES string of the molecule is c1ccc(CN(c2ccccc2)c2cnnc(N3CCCCC3)n2)cc1. The summed E-state index contributed by atoms with van der Waals surface area (Å²) in [4.78, 5) is 9.28. The number of aromatic nitrogens is 3. The number of para-hydroxylation sites is 1. The molecule has 2 aromatic carbocycles. The van der Waals surface area contributed by atoms with Crippen LogP contribution in [0.2, 0.25) is 0 Å². The van der Waals surface area contributed by atoms with Crippen LogP contribution in [-0.4, -0.2) is 28.3 Å². The van der Waals surface area contributed by atoms with Crippen molar-refractivity contribution in [2.24, 2.45) is 0 Å². The average Bonchev–Trinajstić information content (AvgIpc) is 2.74. The molecule has 26 heavy (non-hydrogen) atoms. The monoisotopic (exact) mass is 345 g/mol. The first-order chi connectivity index (χ1) is 12.9. The summed E-state index contributed by atoms with van der Waals surface area (Å²) in [5.74, 6) is 1.56. The van der Waals surface area contributed by atoms with Crippen molar-refractivity contribution >= 4 is 17.5 Å². The van der Waals surface area contributed by atoms with Crippen LogP contribution in [-0.2, 0) is 6.54 Å². The number of anilines is 3. The van der Waals surface area contributed by atoms with Gasteiger partial charge in [0.15, 0.2) is 5.82 Å². The predicted molar refractivity (Wildman–Crippen MR) is 105 cm³/mol. The lowest BCUT2D eigenvalue weighted by atomic mass is 10.1. The van der Waals surface area contributed by atoms with E-state index in [1.165, 1.54) is 24.8 Å². The van der Waals surface area contributed by atoms with Gasteiger partial charge < -0.3 is 9.80 Å². The van der Waals surface area contributed by atoms with Crippen LogP contribution in [0.4, 0.5) is 17.5 Å². The van der Waals surface area contributed by atoms with E-state index < -0.39 is 0 Å². The van der Waals surface area contributed by atoms with E-state index in [1.54, 1.807) is 6.20 Å². The lowest BCUT2D eigenvalue weighted by molar-refractivity contribution is 0.565. The smallest absolute Gasteiger partial charge is 0.247 e. The van der Waals surface area contributed by atoms with Gasteiger partial charge in [-0.2, -0.15) is 10.1 Å². The Kier molecular flexibility index (Phi) is 5.05. The zero-order valence-electron chi connectivity index (χ0n) is 14.8. The summed E-state index contributed by atoms with van der Waals surface area (Å²) >= 11 is 0.